The number of fused-ring (bicyclic) bond motifs is 3. The lowest BCUT2D eigenvalue weighted by Gasteiger charge is -2.26. The Morgan fingerprint density at radius 2 is 1.19 bits per heavy atom. The molecule has 3 heterocycles. The van der Waals surface area contributed by atoms with Crippen LogP contribution in [0.1, 0.15) is 24.0 Å². The molecule has 0 aromatic heterocycles. The van der Waals surface area contributed by atoms with Gasteiger partial charge in [-0.25, -0.2) is 0 Å². The molecule has 3 aliphatic heterocycles. The largest absolute Gasteiger partial charge is 0.493 e. The number of hydrogen-bond acceptors (Lipinski definition) is 5. The summed E-state index contributed by atoms with van der Waals surface area (Å²) >= 11 is 0. The molecule has 0 fully saturated rings. The summed E-state index contributed by atoms with van der Waals surface area (Å²) in [5, 5.41) is 0. The molecule has 3 aromatic rings. The van der Waals surface area contributed by atoms with E-state index in [1.165, 1.54) is 11.1 Å². The van der Waals surface area contributed by atoms with E-state index in [4.69, 9.17) is 18.9 Å². The minimum absolute atomic E-state index is 0.260. The van der Waals surface area contributed by atoms with Gasteiger partial charge < -0.3 is 23.8 Å². The molecule has 32 heavy (non-hydrogen) atoms. The highest BCUT2D eigenvalue weighted by atomic mass is 16.7. The van der Waals surface area contributed by atoms with E-state index in [1.54, 1.807) is 0 Å². The van der Waals surface area contributed by atoms with Gasteiger partial charge in [-0.15, -0.1) is 0 Å². The highest BCUT2D eigenvalue weighted by molar-refractivity contribution is 5.79. The molecule has 0 amide bonds. The van der Waals surface area contributed by atoms with Gasteiger partial charge in [0.15, 0.2) is 11.5 Å². The van der Waals surface area contributed by atoms with Crippen molar-refractivity contribution in [3.05, 3.63) is 90.3 Å². The summed E-state index contributed by atoms with van der Waals surface area (Å²) in [7, 11) is 0. The second kappa shape index (κ2) is 8.00. The van der Waals surface area contributed by atoms with Gasteiger partial charge in [0.05, 0.1) is 13.2 Å². The van der Waals surface area contributed by atoms with Crippen molar-refractivity contribution in [1.82, 2.24) is 0 Å². The number of hydrogen-bond donors (Lipinski definition) is 0. The lowest BCUT2D eigenvalue weighted by atomic mass is 9.99. The average Bonchev–Trinajstić information content (AvgIpc) is 3.32. The third-order valence-electron chi connectivity index (χ3n) is 5.97. The molecule has 0 saturated heterocycles. The second-order valence-electron chi connectivity index (χ2n) is 7.94. The Hall–Kier alpha value is -3.86. The minimum atomic E-state index is 0.260. The quantitative estimate of drug-likeness (QED) is 0.525. The van der Waals surface area contributed by atoms with E-state index in [2.05, 4.69) is 47.6 Å². The van der Waals surface area contributed by atoms with E-state index in [0.29, 0.717) is 13.2 Å². The first-order valence-electron chi connectivity index (χ1n) is 10.9. The molecule has 5 heteroatoms. The topological polar surface area (TPSA) is 40.2 Å². The van der Waals surface area contributed by atoms with Gasteiger partial charge in [0.1, 0.15) is 11.5 Å². The molecule has 3 aromatic carbocycles. The number of para-hydroxylation sites is 2. The summed E-state index contributed by atoms with van der Waals surface area (Å²) in [5.41, 5.74) is 5.76. The van der Waals surface area contributed by atoms with Gasteiger partial charge in [-0.3, -0.25) is 0 Å². The van der Waals surface area contributed by atoms with Crippen LogP contribution in [0.4, 0.5) is 5.69 Å². The molecule has 0 aliphatic carbocycles. The second-order valence-corrected chi connectivity index (χ2v) is 7.94. The molecular formula is C27H23NO4. The molecule has 0 bridgehead atoms. The molecule has 3 aliphatic rings. The van der Waals surface area contributed by atoms with Gasteiger partial charge in [-0.1, -0.05) is 36.4 Å². The highest BCUT2D eigenvalue weighted by Gasteiger charge is 2.20. The molecule has 160 valence electrons. The maximum absolute atomic E-state index is 5.87. The number of benzene rings is 3. The van der Waals surface area contributed by atoms with E-state index in [1.807, 2.05) is 36.4 Å². The third-order valence-corrected chi connectivity index (χ3v) is 5.97. The van der Waals surface area contributed by atoms with Crippen molar-refractivity contribution < 1.29 is 18.9 Å². The average molecular weight is 425 g/mol. The molecule has 0 spiro atoms. The van der Waals surface area contributed by atoms with Crippen molar-refractivity contribution in [2.75, 3.05) is 24.9 Å². The van der Waals surface area contributed by atoms with E-state index < -0.39 is 0 Å². The lowest BCUT2D eigenvalue weighted by Crippen LogP contribution is -2.15. The summed E-state index contributed by atoms with van der Waals surface area (Å²) in [4.78, 5) is 2.19. The van der Waals surface area contributed by atoms with Gasteiger partial charge in [-0.2, -0.15) is 0 Å². The molecule has 0 unspecified atom stereocenters. The van der Waals surface area contributed by atoms with Crippen LogP contribution < -0.4 is 23.8 Å². The molecule has 6 rings (SSSR count). The van der Waals surface area contributed by atoms with Crippen molar-refractivity contribution >= 4 is 16.8 Å². The summed E-state index contributed by atoms with van der Waals surface area (Å²) in [6, 6.07) is 22.5. The van der Waals surface area contributed by atoms with Gasteiger partial charge in [0.25, 0.3) is 0 Å². The van der Waals surface area contributed by atoms with Crippen LogP contribution in [0.2, 0.25) is 0 Å². The number of anilines is 1. The Balaban J connectivity index is 1.47. The Kier molecular flexibility index (Phi) is 4.72. The monoisotopic (exact) mass is 425 g/mol. The predicted molar refractivity (Wildman–Crippen MR) is 124 cm³/mol. The van der Waals surface area contributed by atoms with Gasteiger partial charge in [-0.05, 0) is 35.4 Å². The Morgan fingerprint density at radius 3 is 1.84 bits per heavy atom. The SMILES string of the molecule is C(=C1/CCOc2ccccc21)/N(/C=C1\CCOc2ccccc21)c1ccc2c(c1)OCO2. The van der Waals surface area contributed by atoms with E-state index in [0.717, 1.165) is 52.7 Å². The van der Waals surface area contributed by atoms with Crippen molar-refractivity contribution in [1.29, 1.82) is 0 Å². The highest BCUT2D eigenvalue weighted by Crippen LogP contribution is 2.39. The lowest BCUT2D eigenvalue weighted by molar-refractivity contribution is 0.174. The first-order chi connectivity index (χ1) is 15.8. The fraction of sp³-hybridized carbons (Fsp3) is 0.185. The van der Waals surface area contributed by atoms with Crippen LogP contribution in [-0.2, 0) is 0 Å². The first-order valence-corrected chi connectivity index (χ1v) is 10.9. The smallest absolute Gasteiger partial charge is 0.231 e. The normalized spacial score (nSPS) is 18.5. The molecule has 0 atom stereocenters. The fourth-order valence-electron chi connectivity index (χ4n) is 4.36. The Morgan fingerprint density at radius 1 is 0.594 bits per heavy atom. The van der Waals surface area contributed by atoms with Crippen molar-refractivity contribution in [3.63, 3.8) is 0 Å². The zero-order valence-corrected chi connectivity index (χ0v) is 17.6. The molecule has 0 N–H and O–H groups in total. The van der Waals surface area contributed by atoms with Crippen LogP contribution in [-0.4, -0.2) is 20.0 Å². The molecule has 0 radical (unpaired) electrons. The Bertz CT molecular complexity index is 1160. The third kappa shape index (κ3) is 3.46. The molecule has 0 saturated carbocycles. The maximum Gasteiger partial charge on any atom is 0.231 e. The summed E-state index contributed by atoms with van der Waals surface area (Å²) in [6.45, 7) is 1.60. The Labute approximate surface area is 187 Å². The van der Waals surface area contributed by atoms with Crippen LogP contribution in [0, 0.1) is 0 Å². The zero-order valence-electron chi connectivity index (χ0n) is 17.6. The predicted octanol–water partition coefficient (Wildman–Crippen LogP) is 5.87. The molecule has 5 nitrogen and oxygen atoms in total. The molecular weight excluding hydrogens is 402 g/mol. The van der Waals surface area contributed by atoms with Gasteiger partial charge >= 0.3 is 0 Å². The van der Waals surface area contributed by atoms with Crippen LogP contribution in [0.15, 0.2) is 79.1 Å². The van der Waals surface area contributed by atoms with Gasteiger partial charge in [0, 0.05) is 48.1 Å². The van der Waals surface area contributed by atoms with E-state index in [-0.39, 0.29) is 6.79 Å². The van der Waals surface area contributed by atoms with E-state index in [9.17, 15) is 0 Å². The van der Waals surface area contributed by atoms with Crippen molar-refractivity contribution in [2.45, 2.75) is 12.8 Å². The number of ether oxygens (including phenoxy) is 4. The standard InChI is InChI=1S/C27H23NO4/c1-3-7-24-22(5-1)19(11-13-29-24)16-28(21-9-10-26-27(15-21)32-18-31-26)17-20-12-14-30-25-8-4-2-6-23(20)25/h1-10,15-17H,11-14,18H2/b19-16+,20-17+. The van der Waals surface area contributed by atoms with Gasteiger partial charge in [0.2, 0.25) is 6.79 Å². The van der Waals surface area contributed by atoms with E-state index >= 15 is 0 Å². The van der Waals surface area contributed by atoms with Crippen LogP contribution in [0.5, 0.6) is 23.0 Å². The maximum atomic E-state index is 5.87. The number of rotatable bonds is 3. The van der Waals surface area contributed by atoms with Crippen LogP contribution in [0.25, 0.3) is 11.1 Å². The number of nitrogens with zero attached hydrogens (tertiary/aromatic N) is 1. The summed E-state index contributed by atoms with van der Waals surface area (Å²) in [6.07, 6.45) is 6.12. The summed E-state index contributed by atoms with van der Waals surface area (Å²) < 4.78 is 22.9. The zero-order chi connectivity index (χ0) is 21.3. The van der Waals surface area contributed by atoms with Crippen LogP contribution >= 0.6 is 0 Å². The van der Waals surface area contributed by atoms with Crippen LogP contribution in [0.3, 0.4) is 0 Å². The van der Waals surface area contributed by atoms with Crippen molar-refractivity contribution in [3.8, 4) is 23.0 Å². The summed E-state index contributed by atoms with van der Waals surface area (Å²) in [5.74, 6) is 3.41. The minimum Gasteiger partial charge on any atom is -0.493 e. The fourth-order valence-corrected chi connectivity index (χ4v) is 4.36. The first kappa shape index (κ1) is 18.9. The van der Waals surface area contributed by atoms with Crippen molar-refractivity contribution in [2.24, 2.45) is 0 Å².